The Morgan fingerprint density at radius 3 is 1.21 bits per heavy atom. The third-order valence-electron chi connectivity index (χ3n) is 15.2. The number of nitrogens with one attached hydrogen (secondary N) is 1. The predicted molar refractivity (Wildman–Crippen MR) is 346 cm³/mol. The second-order valence-corrected chi connectivity index (χ2v) is 25.8. The fourth-order valence-corrected chi connectivity index (χ4v) is 10.7. The third-order valence-corrected chi connectivity index (χ3v) is 16.2. The molecule has 2 N–H and O–H groups in total. The maximum absolute atomic E-state index is 13.6. The molecule has 0 aliphatic rings. The fraction of sp³-hybridized carbons (Fsp3) is 0.829. The van der Waals surface area contributed by atoms with Gasteiger partial charge in [-0.1, -0.05) is 300 Å². The molecule has 3 unspecified atom stereocenters. The van der Waals surface area contributed by atoms with Crippen LogP contribution in [0.1, 0.15) is 323 Å². The molecule has 0 aromatic carbocycles. The van der Waals surface area contributed by atoms with E-state index in [0.717, 1.165) is 83.5 Å². The van der Waals surface area contributed by atoms with Gasteiger partial charge in [-0.25, -0.2) is 4.57 Å². The lowest BCUT2D eigenvalue weighted by Gasteiger charge is -2.27. The van der Waals surface area contributed by atoms with E-state index in [-0.39, 0.29) is 31.5 Å². The van der Waals surface area contributed by atoms with Gasteiger partial charge >= 0.3 is 13.8 Å². The quantitative estimate of drug-likeness (QED) is 0.0205. The minimum absolute atomic E-state index is 0.0338. The van der Waals surface area contributed by atoms with Crippen molar-refractivity contribution in [2.24, 2.45) is 0 Å². The van der Waals surface area contributed by atoms with Crippen LogP contribution in [0.2, 0.25) is 0 Å². The van der Waals surface area contributed by atoms with E-state index in [1.165, 1.54) is 199 Å². The monoisotopic (exact) mass is 1140 g/mol. The van der Waals surface area contributed by atoms with Gasteiger partial charge in [0.25, 0.3) is 0 Å². The molecule has 0 aromatic rings. The highest BCUT2D eigenvalue weighted by atomic mass is 31.2. The third kappa shape index (κ3) is 60.3. The van der Waals surface area contributed by atoms with Crippen molar-refractivity contribution in [3.63, 3.8) is 0 Å². The molecule has 0 aliphatic carbocycles. The number of quaternary nitrogens is 1. The van der Waals surface area contributed by atoms with Crippen LogP contribution in [0.5, 0.6) is 0 Å². The van der Waals surface area contributed by atoms with Gasteiger partial charge in [0.1, 0.15) is 19.3 Å². The molecular formula is C70H132N2O7P+. The summed E-state index contributed by atoms with van der Waals surface area (Å²) in [6.07, 6.45) is 76.7. The Morgan fingerprint density at radius 1 is 0.450 bits per heavy atom. The Labute approximate surface area is 496 Å². The molecule has 0 aromatic heterocycles. The Bertz CT molecular complexity index is 1550. The van der Waals surface area contributed by atoms with E-state index in [1.807, 2.05) is 33.3 Å². The number of hydrogen-bond donors (Lipinski definition) is 2. The minimum atomic E-state index is -4.46. The standard InChI is InChI=1S/C70H131N2O7P/c1-7-10-13-16-19-22-25-28-30-32-33-34-35-36-37-38-39-40-42-45-48-51-54-57-60-63-70(74)79-68(61-58-55-52-49-46-43-27-24-21-18-15-12-9-3)67(66-78-80(75,76)77-65-64-72(4,5)6)71-69(73)62-59-56-53-50-47-44-41-31-29-26-23-20-17-14-11-8-2/h11,14,20,23,29,31,44,47,58,61,67-68H,7-10,12-13,15-19,21-22,24-28,30,32-43,45-46,48-57,59-60,62-66H2,1-6H3,(H-,71,73,75,76)/p+1/b14-11+,23-20+,31-29+,47-44+,61-58-. The number of phosphoric ester groups is 1. The molecule has 0 heterocycles. The number of nitrogens with zero attached hydrogens (tertiary/aromatic N) is 1. The largest absolute Gasteiger partial charge is 0.472 e. The van der Waals surface area contributed by atoms with Gasteiger partial charge in [0.15, 0.2) is 0 Å². The molecule has 0 fully saturated rings. The van der Waals surface area contributed by atoms with E-state index >= 15 is 0 Å². The van der Waals surface area contributed by atoms with Crippen molar-refractivity contribution in [1.82, 2.24) is 5.32 Å². The summed E-state index contributed by atoms with van der Waals surface area (Å²) in [6, 6.07) is -0.865. The van der Waals surface area contributed by atoms with Crippen molar-refractivity contribution in [1.29, 1.82) is 0 Å². The highest BCUT2D eigenvalue weighted by Crippen LogP contribution is 2.43. The maximum atomic E-state index is 13.6. The molecule has 468 valence electrons. The van der Waals surface area contributed by atoms with E-state index in [1.54, 1.807) is 0 Å². The lowest BCUT2D eigenvalue weighted by Crippen LogP contribution is -2.47. The summed E-state index contributed by atoms with van der Waals surface area (Å²) < 4.78 is 30.8. The van der Waals surface area contributed by atoms with Crippen LogP contribution >= 0.6 is 7.82 Å². The number of rotatable bonds is 62. The first-order valence-corrected chi connectivity index (χ1v) is 35.6. The van der Waals surface area contributed by atoms with Crippen molar-refractivity contribution in [3.8, 4) is 0 Å². The van der Waals surface area contributed by atoms with Crippen LogP contribution in [0.15, 0.2) is 60.8 Å². The first kappa shape index (κ1) is 77.7. The molecule has 3 atom stereocenters. The highest BCUT2D eigenvalue weighted by Gasteiger charge is 2.30. The number of ether oxygens (including phenoxy) is 1. The van der Waals surface area contributed by atoms with E-state index in [0.29, 0.717) is 23.9 Å². The number of allylic oxidation sites excluding steroid dienone is 9. The number of unbranched alkanes of at least 4 members (excludes halogenated alkanes) is 38. The summed E-state index contributed by atoms with van der Waals surface area (Å²) in [5, 5.41) is 3.05. The molecule has 10 heteroatoms. The lowest BCUT2D eigenvalue weighted by molar-refractivity contribution is -0.870. The molecule has 0 saturated carbocycles. The van der Waals surface area contributed by atoms with E-state index in [2.05, 4.69) is 74.7 Å². The van der Waals surface area contributed by atoms with Crippen LogP contribution in [-0.2, 0) is 27.9 Å². The molecule has 0 saturated heterocycles. The summed E-state index contributed by atoms with van der Waals surface area (Å²) in [5.41, 5.74) is 0. The normalized spacial score (nSPS) is 13.9. The van der Waals surface area contributed by atoms with Crippen molar-refractivity contribution in [3.05, 3.63) is 60.8 Å². The van der Waals surface area contributed by atoms with Gasteiger partial charge in [0.2, 0.25) is 5.91 Å². The number of hydrogen-bond acceptors (Lipinski definition) is 6. The molecule has 0 bridgehead atoms. The van der Waals surface area contributed by atoms with Gasteiger partial charge in [-0.3, -0.25) is 18.6 Å². The zero-order valence-corrected chi connectivity index (χ0v) is 54.5. The van der Waals surface area contributed by atoms with E-state index in [9.17, 15) is 19.0 Å². The SMILES string of the molecule is CC/C=C/C/C=C/C/C=C/C/C=C/CCCCCC(=O)NC(COP(=O)(O)OCC[N+](C)(C)C)C(/C=C\CCCCCCCCCCCCC)OC(=O)CCCCCCCCCCCCCCCCCCCCCCCCCCC. The summed E-state index contributed by atoms with van der Waals surface area (Å²) in [4.78, 5) is 37.8. The molecule has 1 amide bonds. The number of phosphoric acid groups is 1. The summed E-state index contributed by atoms with van der Waals surface area (Å²) in [7, 11) is 1.48. The van der Waals surface area contributed by atoms with Gasteiger partial charge in [0, 0.05) is 12.8 Å². The smallest absolute Gasteiger partial charge is 0.456 e. The average molecular weight is 1140 g/mol. The number of esters is 1. The van der Waals surface area contributed by atoms with Crippen molar-refractivity contribution in [2.75, 3.05) is 40.9 Å². The Morgan fingerprint density at radius 2 is 0.800 bits per heavy atom. The van der Waals surface area contributed by atoms with Crippen LogP contribution in [-0.4, -0.2) is 74.3 Å². The van der Waals surface area contributed by atoms with Crippen LogP contribution < -0.4 is 5.32 Å². The zero-order chi connectivity index (χ0) is 58.6. The Hall–Kier alpha value is -2.29. The highest BCUT2D eigenvalue weighted by molar-refractivity contribution is 7.47. The van der Waals surface area contributed by atoms with Crippen molar-refractivity contribution in [2.45, 2.75) is 335 Å². The van der Waals surface area contributed by atoms with Gasteiger partial charge in [-0.15, -0.1) is 0 Å². The summed E-state index contributed by atoms with van der Waals surface area (Å²) in [5.74, 6) is -0.529. The topological polar surface area (TPSA) is 111 Å². The van der Waals surface area contributed by atoms with Gasteiger partial charge in [0.05, 0.1) is 33.8 Å². The Kier molecular flexibility index (Phi) is 58.1. The maximum Gasteiger partial charge on any atom is 0.472 e. The summed E-state index contributed by atoms with van der Waals surface area (Å²) >= 11 is 0. The van der Waals surface area contributed by atoms with Gasteiger partial charge in [-0.2, -0.15) is 0 Å². The molecule has 0 rings (SSSR count). The average Bonchev–Trinajstić information content (AvgIpc) is 3.42. The molecular weight excluding hydrogens is 1010 g/mol. The van der Waals surface area contributed by atoms with Crippen LogP contribution in [0.25, 0.3) is 0 Å². The lowest BCUT2D eigenvalue weighted by atomic mass is 10.0. The van der Waals surface area contributed by atoms with E-state index in [4.69, 9.17) is 13.8 Å². The van der Waals surface area contributed by atoms with Crippen molar-refractivity contribution >= 4 is 19.7 Å². The van der Waals surface area contributed by atoms with Gasteiger partial charge < -0.3 is 19.4 Å². The number of carbonyl (C=O) groups excluding carboxylic acids is 2. The second-order valence-electron chi connectivity index (χ2n) is 24.3. The van der Waals surface area contributed by atoms with Crippen LogP contribution in [0.4, 0.5) is 0 Å². The molecule has 80 heavy (non-hydrogen) atoms. The Balaban J connectivity index is 5.11. The zero-order valence-electron chi connectivity index (χ0n) is 53.6. The number of carbonyl (C=O) groups is 2. The molecule has 0 spiro atoms. The molecule has 0 aliphatic heterocycles. The molecule has 0 radical (unpaired) electrons. The summed E-state index contributed by atoms with van der Waals surface area (Å²) in [6.45, 7) is 6.91. The minimum Gasteiger partial charge on any atom is -0.456 e. The van der Waals surface area contributed by atoms with Crippen LogP contribution in [0.3, 0.4) is 0 Å². The van der Waals surface area contributed by atoms with Crippen molar-refractivity contribution < 1.29 is 37.3 Å². The second kappa shape index (κ2) is 59.9. The van der Waals surface area contributed by atoms with E-state index < -0.39 is 20.0 Å². The fourth-order valence-electron chi connectivity index (χ4n) is 9.99. The first-order valence-electron chi connectivity index (χ1n) is 34.1. The van der Waals surface area contributed by atoms with Gasteiger partial charge in [-0.05, 0) is 70.3 Å². The predicted octanol–water partition coefficient (Wildman–Crippen LogP) is 21.4. The van der Waals surface area contributed by atoms with Crippen LogP contribution in [0, 0.1) is 0 Å². The number of amides is 1. The molecule has 9 nitrogen and oxygen atoms in total. The first-order chi connectivity index (χ1) is 38.9. The number of likely N-dealkylation sites (N-methyl/N-ethyl adjacent to an activating group) is 1.